The van der Waals surface area contributed by atoms with Crippen LogP contribution in [0.15, 0.2) is 63.8 Å². The molecular formula is C30H29N3O4S. The van der Waals surface area contributed by atoms with Gasteiger partial charge in [0, 0.05) is 31.6 Å². The van der Waals surface area contributed by atoms with Crippen LogP contribution < -0.4 is 10.5 Å². The smallest absolute Gasteiger partial charge is 0.349 e. The zero-order valence-electron chi connectivity index (χ0n) is 21.5. The highest BCUT2D eigenvalue weighted by Gasteiger charge is 2.25. The van der Waals surface area contributed by atoms with Crippen molar-refractivity contribution >= 4 is 54.3 Å². The highest BCUT2D eigenvalue weighted by atomic mass is 32.1. The van der Waals surface area contributed by atoms with Gasteiger partial charge in [-0.25, -0.2) is 9.78 Å². The van der Waals surface area contributed by atoms with E-state index in [1.165, 1.54) is 16.9 Å². The van der Waals surface area contributed by atoms with E-state index in [-0.39, 0.29) is 11.5 Å². The first kappa shape index (κ1) is 24.7. The van der Waals surface area contributed by atoms with Gasteiger partial charge < -0.3 is 9.15 Å². The summed E-state index contributed by atoms with van der Waals surface area (Å²) in [5.41, 5.74) is 3.04. The molecule has 0 atom stereocenters. The number of carbonyl (C=O) groups excluding carboxylic acids is 1. The normalized spacial score (nSPS) is 14.5. The van der Waals surface area contributed by atoms with Crippen molar-refractivity contribution < 1.29 is 13.9 Å². The molecule has 0 bridgehead atoms. The van der Waals surface area contributed by atoms with Crippen molar-refractivity contribution in [3.8, 4) is 0 Å². The molecule has 8 heteroatoms. The molecule has 0 aliphatic carbocycles. The lowest BCUT2D eigenvalue weighted by Crippen LogP contribution is -2.40. The fourth-order valence-corrected chi connectivity index (χ4v) is 6.08. The number of ether oxygens (including phenoxy) is 1. The molecule has 5 aromatic rings. The Balaban J connectivity index is 1.39. The van der Waals surface area contributed by atoms with Gasteiger partial charge in [0.15, 0.2) is 5.13 Å². The van der Waals surface area contributed by atoms with Crippen molar-refractivity contribution in [1.82, 2.24) is 9.88 Å². The summed E-state index contributed by atoms with van der Waals surface area (Å²) in [5.74, 6) is -0.386. The van der Waals surface area contributed by atoms with Gasteiger partial charge in [0.2, 0.25) is 0 Å². The molecule has 3 heterocycles. The number of thiazole rings is 1. The van der Waals surface area contributed by atoms with Gasteiger partial charge in [-0.3, -0.25) is 14.6 Å². The SMILES string of the molecule is Cc1cc2nc(N(CCCN3CCOCC3)C(=O)c3cc4c(ccc5ccccc54)oc3=O)sc2cc1C. The van der Waals surface area contributed by atoms with Gasteiger partial charge in [0.25, 0.3) is 5.91 Å². The van der Waals surface area contributed by atoms with Gasteiger partial charge in [0.05, 0.1) is 23.4 Å². The Hall–Kier alpha value is -3.59. The van der Waals surface area contributed by atoms with Crippen LogP contribution in [0.1, 0.15) is 27.9 Å². The highest BCUT2D eigenvalue weighted by Crippen LogP contribution is 2.32. The number of aryl methyl sites for hydroxylation is 2. The summed E-state index contributed by atoms with van der Waals surface area (Å²) in [6.45, 7) is 8.64. The minimum absolute atomic E-state index is 0.0202. The van der Waals surface area contributed by atoms with E-state index in [0.717, 1.165) is 71.2 Å². The van der Waals surface area contributed by atoms with E-state index < -0.39 is 5.63 Å². The topological polar surface area (TPSA) is 75.9 Å². The molecular weight excluding hydrogens is 498 g/mol. The van der Waals surface area contributed by atoms with Crippen molar-refractivity contribution in [2.45, 2.75) is 20.3 Å². The Morgan fingerprint density at radius 3 is 2.66 bits per heavy atom. The van der Waals surface area contributed by atoms with Crippen molar-refractivity contribution in [3.63, 3.8) is 0 Å². The standard InChI is InChI=1S/C30H29N3O4S/c1-19-16-25-27(17-20(19)2)38-30(31-25)33(11-5-10-32-12-14-36-15-13-32)28(34)24-18-23-22-7-4-3-6-21(22)8-9-26(23)37-29(24)35/h3-4,6-9,16-18H,5,10-15H2,1-2H3. The number of benzene rings is 3. The van der Waals surface area contributed by atoms with Gasteiger partial charge in [-0.05, 0) is 66.4 Å². The summed E-state index contributed by atoms with van der Waals surface area (Å²) in [6, 6.07) is 17.4. The monoisotopic (exact) mass is 527 g/mol. The third kappa shape index (κ3) is 4.71. The average molecular weight is 528 g/mol. The van der Waals surface area contributed by atoms with Crippen LogP contribution >= 0.6 is 11.3 Å². The van der Waals surface area contributed by atoms with Crippen molar-refractivity contribution in [2.24, 2.45) is 0 Å². The second-order valence-corrected chi connectivity index (χ2v) is 10.8. The van der Waals surface area contributed by atoms with Crippen molar-refractivity contribution in [1.29, 1.82) is 0 Å². The highest BCUT2D eigenvalue weighted by molar-refractivity contribution is 7.22. The average Bonchev–Trinajstić information content (AvgIpc) is 3.33. The Kier molecular flexibility index (Phi) is 6.69. The Morgan fingerprint density at radius 2 is 1.82 bits per heavy atom. The van der Waals surface area contributed by atoms with Gasteiger partial charge in [-0.2, -0.15) is 0 Å². The molecule has 0 saturated carbocycles. The molecule has 38 heavy (non-hydrogen) atoms. The van der Waals surface area contributed by atoms with E-state index in [0.29, 0.717) is 17.3 Å². The molecule has 3 aromatic carbocycles. The number of fused-ring (bicyclic) bond motifs is 4. The lowest BCUT2D eigenvalue weighted by molar-refractivity contribution is 0.0376. The first-order chi connectivity index (χ1) is 18.5. The molecule has 1 aliphatic heterocycles. The molecule has 2 aromatic heterocycles. The largest absolute Gasteiger partial charge is 0.422 e. The quantitative estimate of drug-likeness (QED) is 0.213. The number of rotatable bonds is 6. The Labute approximate surface area is 224 Å². The number of carbonyl (C=O) groups is 1. The third-order valence-corrected chi connectivity index (χ3v) is 8.34. The number of amides is 1. The lowest BCUT2D eigenvalue weighted by Gasteiger charge is -2.27. The van der Waals surface area contributed by atoms with Crippen LogP contribution in [-0.2, 0) is 4.74 Å². The maximum atomic E-state index is 14.0. The molecule has 0 unspecified atom stereocenters. The summed E-state index contributed by atoms with van der Waals surface area (Å²) in [4.78, 5) is 35.9. The second kappa shape index (κ2) is 10.3. The first-order valence-electron chi connectivity index (χ1n) is 12.9. The molecule has 6 rings (SSSR count). The fraction of sp³-hybridized carbons (Fsp3) is 0.300. The van der Waals surface area contributed by atoms with Crippen LogP contribution in [0.4, 0.5) is 5.13 Å². The summed E-state index contributed by atoms with van der Waals surface area (Å²) >= 11 is 1.48. The minimum atomic E-state index is -0.635. The minimum Gasteiger partial charge on any atom is -0.422 e. The second-order valence-electron chi connectivity index (χ2n) is 9.81. The van der Waals surface area contributed by atoms with E-state index >= 15 is 0 Å². The molecule has 7 nitrogen and oxygen atoms in total. The van der Waals surface area contributed by atoms with Crippen LogP contribution in [0.5, 0.6) is 0 Å². The van der Waals surface area contributed by atoms with Crippen LogP contribution in [-0.4, -0.2) is 55.2 Å². The summed E-state index contributed by atoms with van der Waals surface area (Å²) in [6.07, 6.45) is 0.752. The van der Waals surface area contributed by atoms with Gasteiger partial charge in [0.1, 0.15) is 11.1 Å². The Morgan fingerprint density at radius 1 is 1.03 bits per heavy atom. The maximum Gasteiger partial charge on any atom is 0.349 e. The molecule has 1 aliphatic rings. The summed E-state index contributed by atoms with van der Waals surface area (Å²) in [5, 5.41) is 3.29. The van der Waals surface area contributed by atoms with E-state index in [9.17, 15) is 9.59 Å². The van der Waals surface area contributed by atoms with Crippen LogP contribution in [0.2, 0.25) is 0 Å². The molecule has 1 fully saturated rings. The van der Waals surface area contributed by atoms with Crippen molar-refractivity contribution in [2.75, 3.05) is 44.3 Å². The molecule has 1 amide bonds. The summed E-state index contributed by atoms with van der Waals surface area (Å²) in [7, 11) is 0. The number of hydrogen-bond acceptors (Lipinski definition) is 7. The Bertz CT molecular complexity index is 1680. The zero-order chi connectivity index (χ0) is 26.2. The van der Waals surface area contributed by atoms with Crippen molar-refractivity contribution in [3.05, 3.63) is 81.7 Å². The summed E-state index contributed by atoms with van der Waals surface area (Å²) < 4.78 is 12.1. The maximum absolute atomic E-state index is 14.0. The van der Waals surface area contributed by atoms with Gasteiger partial charge in [-0.15, -0.1) is 0 Å². The number of hydrogen-bond donors (Lipinski definition) is 0. The van der Waals surface area contributed by atoms with Crippen LogP contribution in [0.3, 0.4) is 0 Å². The van der Waals surface area contributed by atoms with E-state index in [1.807, 2.05) is 30.3 Å². The van der Waals surface area contributed by atoms with E-state index in [4.69, 9.17) is 14.1 Å². The number of anilines is 1. The lowest BCUT2D eigenvalue weighted by atomic mass is 10.0. The molecule has 0 spiro atoms. The van der Waals surface area contributed by atoms with E-state index in [2.05, 4.69) is 30.9 Å². The van der Waals surface area contributed by atoms with Crippen LogP contribution in [0.25, 0.3) is 32.0 Å². The fourth-order valence-electron chi connectivity index (χ4n) is 5.01. The zero-order valence-corrected chi connectivity index (χ0v) is 22.3. The number of nitrogens with zero attached hydrogens (tertiary/aromatic N) is 3. The van der Waals surface area contributed by atoms with Gasteiger partial charge in [-0.1, -0.05) is 41.7 Å². The molecule has 0 N–H and O–H groups in total. The predicted octanol–water partition coefficient (Wildman–Crippen LogP) is 5.54. The van der Waals surface area contributed by atoms with Gasteiger partial charge >= 0.3 is 5.63 Å². The molecule has 194 valence electrons. The predicted molar refractivity (Wildman–Crippen MR) is 153 cm³/mol. The first-order valence-corrected chi connectivity index (χ1v) is 13.7. The number of morpholine rings is 1. The molecule has 0 radical (unpaired) electrons. The molecule has 1 saturated heterocycles. The van der Waals surface area contributed by atoms with E-state index in [1.54, 1.807) is 17.0 Å². The third-order valence-electron chi connectivity index (χ3n) is 7.30. The van der Waals surface area contributed by atoms with Crippen LogP contribution in [0, 0.1) is 13.8 Å². The number of aromatic nitrogens is 1.